The predicted octanol–water partition coefficient (Wildman–Crippen LogP) is 4.65. The average Bonchev–Trinajstić information content (AvgIpc) is 3.46. The number of carbonyl (C=O) groups is 1. The number of likely N-dealkylation sites (N-methyl/N-ethyl adjacent to an activating group) is 1. The van der Waals surface area contributed by atoms with Gasteiger partial charge in [-0.15, -0.1) is 0 Å². The molecule has 0 spiro atoms. The summed E-state index contributed by atoms with van der Waals surface area (Å²) in [7, 11) is -2.77. The number of sulfonamides is 1. The molecule has 238 valence electrons. The highest BCUT2D eigenvalue weighted by Gasteiger charge is 2.33. The SMILES string of the molecule is CN1CCN(CCn2ccc3cc(-c4cc(Nc5ccc(N(OC=O)S(=O)(=O)c6c(F)cccc6F)cc5)ncn4)ccc32)CC1. The Morgan fingerprint density at radius 2 is 1.67 bits per heavy atom. The molecule has 14 heteroatoms. The molecule has 1 saturated heterocycles. The van der Waals surface area contributed by atoms with Crippen molar-refractivity contribution in [2.75, 3.05) is 49.6 Å². The van der Waals surface area contributed by atoms with E-state index < -0.39 is 26.6 Å². The molecule has 1 aliphatic heterocycles. The van der Waals surface area contributed by atoms with Crippen molar-refractivity contribution in [3.8, 4) is 11.3 Å². The van der Waals surface area contributed by atoms with Crippen LogP contribution in [0.2, 0.25) is 0 Å². The summed E-state index contributed by atoms with van der Waals surface area (Å²) in [5.41, 5.74) is 3.12. The number of benzene rings is 3. The number of anilines is 3. The van der Waals surface area contributed by atoms with Crippen molar-refractivity contribution in [2.24, 2.45) is 0 Å². The zero-order valence-corrected chi connectivity index (χ0v) is 25.7. The summed E-state index contributed by atoms with van der Waals surface area (Å²) < 4.78 is 57.1. The number of nitrogens with one attached hydrogen (secondary N) is 1. The molecule has 6 rings (SSSR count). The quantitative estimate of drug-likeness (QED) is 0.162. The van der Waals surface area contributed by atoms with Gasteiger partial charge < -0.3 is 19.6 Å². The van der Waals surface area contributed by atoms with Crippen LogP contribution in [0.4, 0.5) is 26.0 Å². The van der Waals surface area contributed by atoms with E-state index in [1.165, 1.54) is 30.6 Å². The summed E-state index contributed by atoms with van der Waals surface area (Å²) in [6.45, 7) is 6.12. The maximum atomic E-state index is 14.3. The van der Waals surface area contributed by atoms with Crippen LogP contribution in [0.5, 0.6) is 0 Å². The fourth-order valence-corrected chi connectivity index (χ4v) is 6.72. The topological polar surface area (TPSA) is 113 Å². The highest BCUT2D eigenvalue weighted by Crippen LogP contribution is 2.30. The number of nitrogens with zero attached hydrogens (tertiary/aromatic N) is 6. The van der Waals surface area contributed by atoms with Gasteiger partial charge in [0.2, 0.25) is 0 Å². The van der Waals surface area contributed by atoms with Crippen molar-refractivity contribution in [3.05, 3.63) is 97.0 Å². The highest BCUT2D eigenvalue weighted by atomic mass is 32.2. The Morgan fingerprint density at radius 3 is 2.39 bits per heavy atom. The molecule has 5 aromatic rings. The van der Waals surface area contributed by atoms with Gasteiger partial charge in [-0.3, -0.25) is 9.69 Å². The van der Waals surface area contributed by atoms with Gasteiger partial charge in [-0.25, -0.2) is 18.7 Å². The molecule has 1 N–H and O–H groups in total. The van der Waals surface area contributed by atoms with Gasteiger partial charge in [0.05, 0.1) is 11.4 Å². The Hall–Kier alpha value is -4.92. The molecule has 11 nitrogen and oxygen atoms in total. The normalized spacial score (nSPS) is 14.3. The van der Waals surface area contributed by atoms with Gasteiger partial charge in [-0.1, -0.05) is 16.6 Å². The van der Waals surface area contributed by atoms with E-state index >= 15 is 0 Å². The lowest BCUT2D eigenvalue weighted by molar-refractivity contribution is -0.128. The van der Waals surface area contributed by atoms with E-state index in [0.29, 0.717) is 17.2 Å². The van der Waals surface area contributed by atoms with Crippen LogP contribution in [0.1, 0.15) is 0 Å². The molecule has 46 heavy (non-hydrogen) atoms. The predicted molar refractivity (Wildman–Crippen MR) is 170 cm³/mol. The third kappa shape index (κ3) is 6.54. The Labute approximate surface area is 264 Å². The fraction of sp³-hybridized carbons (Fsp3) is 0.219. The number of hydrogen-bond donors (Lipinski definition) is 1. The van der Waals surface area contributed by atoms with Gasteiger partial charge in [-0.2, -0.15) is 8.42 Å². The summed E-state index contributed by atoms with van der Waals surface area (Å²) in [4.78, 5) is 28.1. The molecule has 1 aliphatic rings. The van der Waals surface area contributed by atoms with E-state index in [1.807, 2.05) is 6.07 Å². The molecule has 0 bridgehead atoms. The van der Waals surface area contributed by atoms with Gasteiger partial charge in [0.25, 0.3) is 0 Å². The maximum Gasteiger partial charge on any atom is 0.322 e. The van der Waals surface area contributed by atoms with Gasteiger partial charge in [0.1, 0.15) is 23.8 Å². The lowest BCUT2D eigenvalue weighted by Crippen LogP contribution is -2.45. The number of aromatic nitrogens is 3. The van der Waals surface area contributed by atoms with Crippen molar-refractivity contribution >= 4 is 44.6 Å². The third-order valence-corrected chi connectivity index (χ3v) is 9.51. The molecule has 0 aliphatic carbocycles. The first-order valence-electron chi connectivity index (χ1n) is 14.5. The van der Waals surface area contributed by atoms with Crippen LogP contribution < -0.4 is 9.79 Å². The fourth-order valence-electron chi connectivity index (χ4n) is 5.38. The van der Waals surface area contributed by atoms with Crippen LogP contribution in [0.25, 0.3) is 22.2 Å². The molecule has 0 radical (unpaired) electrons. The zero-order valence-electron chi connectivity index (χ0n) is 24.9. The van der Waals surface area contributed by atoms with Crippen molar-refractivity contribution in [1.82, 2.24) is 24.3 Å². The summed E-state index contributed by atoms with van der Waals surface area (Å²) in [6.07, 6.45) is 3.55. The zero-order chi connectivity index (χ0) is 32.3. The van der Waals surface area contributed by atoms with E-state index in [9.17, 15) is 22.0 Å². The first-order chi connectivity index (χ1) is 22.2. The minimum Gasteiger partial charge on any atom is -0.346 e. The van der Waals surface area contributed by atoms with Gasteiger partial charge in [0.15, 0.2) is 4.90 Å². The summed E-state index contributed by atoms with van der Waals surface area (Å²) in [5.74, 6) is -2.17. The average molecular weight is 648 g/mol. The summed E-state index contributed by atoms with van der Waals surface area (Å²) in [6, 6.07) is 18.3. The number of halogens is 2. The lowest BCUT2D eigenvalue weighted by atomic mass is 10.1. The highest BCUT2D eigenvalue weighted by molar-refractivity contribution is 7.92. The van der Waals surface area contributed by atoms with Gasteiger partial charge in [0, 0.05) is 73.7 Å². The van der Waals surface area contributed by atoms with E-state index in [0.717, 1.165) is 73.9 Å². The Kier molecular flexibility index (Phi) is 8.92. The molecule has 0 amide bonds. The molecular formula is C32H31F2N7O4S. The van der Waals surface area contributed by atoms with Crippen LogP contribution in [0.15, 0.2) is 90.2 Å². The van der Waals surface area contributed by atoms with Crippen molar-refractivity contribution in [3.63, 3.8) is 0 Å². The second-order valence-corrected chi connectivity index (χ2v) is 12.6. The summed E-state index contributed by atoms with van der Waals surface area (Å²) >= 11 is 0. The van der Waals surface area contributed by atoms with Gasteiger partial charge >= 0.3 is 16.5 Å². The van der Waals surface area contributed by atoms with E-state index in [1.54, 1.807) is 6.07 Å². The third-order valence-electron chi connectivity index (χ3n) is 7.87. The minimum atomic E-state index is -4.93. The standard InChI is InChI=1S/C32H31F2N7O4S/c1-38-13-15-39(16-14-38)17-18-40-12-11-24-19-23(5-10-30(24)40)29-20-31(36-21-35-29)37-25-6-8-26(9-7-25)41(45-22-42)46(43,44)32-27(33)3-2-4-28(32)34/h2-12,19-22H,13-18H2,1H3,(H,35,36,37). The molecule has 3 heterocycles. The van der Waals surface area contributed by atoms with Gasteiger partial charge in [-0.05, 0) is 61.6 Å². The van der Waals surface area contributed by atoms with Crippen LogP contribution >= 0.6 is 0 Å². The van der Waals surface area contributed by atoms with Crippen LogP contribution in [-0.2, 0) is 26.2 Å². The van der Waals surface area contributed by atoms with Crippen molar-refractivity contribution in [2.45, 2.75) is 11.4 Å². The molecular weight excluding hydrogens is 616 g/mol. The number of rotatable bonds is 11. The summed E-state index contributed by atoms with van der Waals surface area (Å²) in [5, 5.41) is 4.24. The molecule has 0 atom stereocenters. The number of fused-ring (bicyclic) bond motifs is 1. The number of carbonyl (C=O) groups excluding carboxylic acids is 1. The monoisotopic (exact) mass is 647 g/mol. The first-order valence-corrected chi connectivity index (χ1v) is 16.0. The van der Waals surface area contributed by atoms with E-state index in [2.05, 4.69) is 65.9 Å². The maximum absolute atomic E-state index is 14.3. The Bertz CT molecular complexity index is 1940. The van der Waals surface area contributed by atoms with Crippen LogP contribution in [-0.4, -0.2) is 79.0 Å². The second kappa shape index (κ2) is 13.2. The number of piperazine rings is 1. The molecule has 1 fully saturated rings. The second-order valence-electron chi connectivity index (χ2n) is 10.9. The Morgan fingerprint density at radius 1 is 0.935 bits per heavy atom. The van der Waals surface area contributed by atoms with Crippen molar-refractivity contribution < 1.29 is 26.8 Å². The van der Waals surface area contributed by atoms with Crippen molar-refractivity contribution in [1.29, 1.82) is 0 Å². The molecule has 3 aromatic carbocycles. The van der Waals surface area contributed by atoms with E-state index in [4.69, 9.17) is 0 Å². The van der Waals surface area contributed by atoms with Crippen LogP contribution in [0, 0.1) is 11.6 Å². The molecule has 0 unspecified atom stereocenters. The first kappa shape index (κ1) is 31.1. The van der Waals surface area contributed by atoms with E-state index in [-0.39, 0.29) is 16.6 Å². The number of hydrogen-bond acceptors (Lipinski definition) is 9. The lowest BCUT2D eigenvalue weighted by Gasteiger charge is -2.32. The molecule has 2 aromatic heterocycles. The minimum absolute atomic E-state index is 0.147. The smallest absolute Gasteiger partial charge is 0.322 e. The molecule has 0 saturated carbocycles. The largest absolute Gasteiger partial charge is 0.346 e. The van der Waals surface area contributed by atoms with Crippen LogP contribution in [0.3, 0.4) is 0 Å². The Balaban J connectivity index is 1.16.